The van der Waals surface area contributed by atoms with Crippen molar-refractivity contribution in [2.45, 2.75) is 44.4 Å². The third-order valence-electron chi connectivity index (χ3n) is 5.76. The summed E-state index contributed by atoms with van der Waals surface area (Å²) >= 11 is 0. The van der Waals surface area contributed by atoms with E-state index in [1.807, 2.05) is 30.3 Å². The van der Waals surface area contributed by atoms with Gasteiger partial charge in [-0.25, -0.2) is 4.79 Å². The molecule has 1 aromatic carbocycles. The monoisotopic (exact) mass is 418 g/mol. The standard InChI is InChI=1S/C21H26N2O7/c1-14(24)16(11-17(25)29-2)18(26)22-13-21(19(22)27)9-6-10-23(21)20(28)30-12-15-7-4-3-5-8-15/h3-5,7-8,14,16,24H,6,9-13H2,1-2H3. The molecule has 2 aliphatic rings. The maximum absolute atomic E-state index is 13.0. The molecule has 0 aromatic heterocycles. The highest BCUT2D eigenvalue weighted by atomic mass is 16.6. The van der Waals surface area contributed by atoms with Gasteiger partial charge in [-0.3, -0.25) is 24.2 Å². The van der Waals surface area contributed by atoms with Gasteiger partial charge in [-0.1, -0.05) is 30.3 Å². The van der Waals surface area contributed by atoms with E-state index < -0.39 is 41.4 Å². The summed E-state index contributed by atoms with van der Waals surface area (Å²) in [5.41, 5.74) is -0.267. The van der Waals surface area contributed by atoms with E-state index in [1.54, 1.807) is 0 Å². The van der Waals surface area contributed by atoms with E-state index >= 15 is 0 Å². The van der Waals surface area contributed by atoms with Crippen molar-refractivity contribution >= 4 is 23.9 Å². The lowest BCUT2D eigenvalue weighted by molar-refractivity contribution is -0.173. The van der Waals surface area contributed by atoms with Gasteiger partial charge in [0.05, 0.1) is 32.1 Å². The zero-order chi connectivity index (χ0) is 21.9. The second kappa shape index (κ2) is 8.83. The lowest BCUT2D eigenvalue weighted by Gasteiger charge is -2.50. The van der Waals surface area contributed by atoms with Crippen LogP contribution < -0.4 is 0 Å². The molecule has 3 amide bonds. The number of aliphatic hydroxyl groups is 1. The largest absolute Gasteiger partial charge is 0.469 e. The Morgan fingerprint density at radius 3 is 2.53 bits per heavy atom. The highest BCUT2D eigenvalue weighted by Crippen LogP contribution is 2.40. The number of ether oxygens (including phenoxy) is 2. The number of esters is 1. The van der Waals surface area contributed by atoms with Gasteiger partial charge < -0.3 is 14.6 Å². The normalized spacial score (nSPS) is 22.4. The number of likely N-dealkylation sites (tertiary alicyclic amines) is 2. The molecule has 2 aliphatic heterocycles. The fraction of sp³-hybridized carbons (Fsp3) is 0.524. The molecule has 1 spiro atoms. The van der Waals surface area contributed by atoms with Crippen molar-refractivity contribution in [3.8, 4) is 0 Å². The van der Waals surface area contributed by atoms with Crippen LogP contribution in [0.1, 0.15) is 31.7 Å². The molecule has 1 aromatic rings. The van der Waals surface area contributed by atoms with Crippen LogP contribution in [-0.4, -0.2) is 70.6 Å². The molecule has 9 heteroatoms. The van der Waals surface area contributed by atoms with Gasteiger partial charge in [0.2, 0.25) is 5.91 Å². The van der Waals surface area contributed by atoms with E-state index in [2.05, 4.69) is 4.74 Å². The number of hydrogen-bond donors (Lipinski definition) is 1. The molecule has 0 saturated carbocycles. The molecule has 30 heavy (non-hydrogen) atoms. The molecule has 3 rings (SSSR count). The van der Waals surface area contributed by atoms with Gasteiger partial charge in [-0.15, -0.1) is 0 Å². The molecule has 162 valence electrons. The van der Waals surface area contributed by atoms with Crippen molar-refractivity contribution < 1.29 is 33.8 Å². The number of aliphatic hydroxyl groups excluding tert-OH is 1. The lowest BCUT2D eigenvalue weighted by atomic mass is 9.83. The molecule has 3 atom stereocenters. The highest BCUT2D eigenvalue weighted by molar-refractivity contribution is 6.08. The van der Waals surface area contributed by atoms with Crippen molar-refractivity contribution in [3.05, 3.63) is 35.9 Å². The smallest absolute Gasteiger partial charge is 0.411 e. The molecule has 0 bridgehead atoms. The molecule has 2 saturated heterocycles. The number of rotatable bonds is 6. The van der Waals surface area contributed by atoms with Crippen molar-refractivity contribution in [1.29, 1.82) is 0 Å². The van der Waals surface area contributed by atoms with Crippen LogP contribution in [0.2, 0.25) is 0 Å². The number of imide groups is 1. The first-order valence-corrected chi connectivity index (χ1v) is 9.89. The summed E-state index contributed by atoms with van der Waals surface area (Å²) in [7, 11) is 1.19. The topological polar surface area (TPSA) is 113 Å². The quantitative estimate of drug-likeness (QED) is 0.543. The summed E-state index contributed by atoms with van der Waals surface area (Å²) in [6.07, 6.45) is -0.996. The van der Waals surface area contributed by atoms with E-state index in [-0.39, 0.29) is 19.6 Å². The van der Waals surface area contributed by atoms with Crippen LogP contribution >= 0.6 is 0 Å². The number of carbonyl (C=O) groups is 4. The van der Waals surface area contributed by atoms with E-state index in [4.69, 9.17) is 4.74 Å². The third-order valence-corrected chi connectivity index (χ3v) is 5.76. The van der Waals surface area contributed by atoms with Gasteiger partial charge in [0, 0.05) is 6.54 Å². The van der Waals surface area contributed by atoms with Crippen LogP contribution in [0.25, 0.3) is 0 Å². The van der Waals surface area contributed by atoms with Gasteiger partial charge in [0.25, 0.3) is 5.91 Å². The van der Waals surface area contributed by atoms with Gasteiger partial charge in [-0.05, 0) is 25.3 Å². The minimum Gasteiger partial charge on any atom is -0.469 e. The SMILES string of the molecule is COC(=O)CC(C(=O)N1CC2(CCCN2C(=O)OCc2ccccc2)C1=O)C(C)O. The molecular weight excluding hydrogens is 392 g/mol. The van der Waals surface area contributed by atoms with E-state index in [0.717, 1.165) is 10.5 Å². The lowest BCUT2D eigenvalue weighted by Crippen LogP contribution is -2.74. The summed E-state index contributed by atoms with van der Waals surface area (Å²) in [6, 6.07) is 9.21. The van der Waals surface area contributed by atoms with Crippen molar-refractivity contribution in [1.82, 2.24) is 9.80 Å². The highest BCUT2D eigenvalue weighted by Gasteiger charge is 2.62. The average molecular weight is 418 g/mol. The van der Waals surface area contributed by atoms with Gasteiger partial charge in [-0.2, -0.15) is 0 Å². The summed E-state index contributed by atoms with van der Waals surface area (Å²) in [5.74, 6) is -2.88. The molecular formula is C21H26N2O7. The first kappa shape index (κ1) is 21.8. The van der Waals surface area contributed by atoms with E-state index in [0.29, 0.717) is 19.4 Å². The fourth-order valence-corrected chi connectivity index (χ4v) is 3.99. The first-order chi connectivity index (χ1) is 14.3. The molecule has 2 fully saturated rings. The van der Waals surface area contributed by atoms with Crippen LogP contribution in [0, 0.1) is 5.92 Å². The Balaban J connectivity index is 1.65. The second-order valence-electron chi connectivity index (χ2n) is 7.68. The summed E-state index contributed by atoms with van der Waals surface area (Å²) < 4.78 is 9.94. The Morgan fingerprint density at radius 2 is 1.93 bits per heavy atom. The predicted molar refractivity (Wildman–Crippen MR) is 104 cm³/mol. The molecule has 0 aliphatic carbocycles. The molecule has 3 unspecified atom stereocenters. The zero-order valence-corrected chi connectivity index (χ0v) is 17.1. The Morgan fingerprint density at radius 1 is 1.23 bits per heavy atom. The number of hydrogen-bond acceptors (Lipinski definition) is 7. The van der Waals surface area contributed by atoms with Crippen LogP contribution in [-0.2, 0) is 30.5 Å². The Hall–Kier alpha value is -2.94. The van der Waals surface area contributed by atoms with Crippen LogP contribution in [0.5, 0.6) is 0 Å². The first-order valence-electron chi connectivity index (χ1n) is 9.89. The molecule has 0 radical (unpaired) electrons. The van der Waals surface area contributed by atoms with Crippen molar-refractivity contribution in [3.63, 3.8) is 0 Å². The predicted octanol–water partition coefficient (Wildman–Crippen LogP) is 1.09. The number of nitrogens with zero attached hydrogens (tertiary/aromatic N) is 2. The van der Waals surface area contributed by atoms with Crippen molar-refractivity contribution in [2.24, 2.45) is 5.92 Å². The summed E-state index contributed by atoms with van der Waals surface area (Å²) in [4.78, 5) is 52.3. The summed E-state index contributed by atoms with van der Waals surface area (Å²) in [6.45, 7) is 1.86. The van der Waals surface area contributed by atoms with E-state index in [9.17, 15) is 24.3 Å². The maximum atomic E-state index is 13.0. The van der Waals surface area contributed by atoms with Crippen LogP contribution in [0.4, 0.5) is 4.79 Å². The average Bonchev–Trinajstić information content (AvgIpc) is 3.21. The maximum Gasteiger partial charge on any atom is 0.411 e. The molecule has 1 N–H and O–H groups in total. The van der Waals surface area contributed by atoms with Crippen molar-refractivity contribution in [2.75, 3.05) is 20.2 Å². The number of β-lactam (4-membered cyclic amide) rings is 1. The number of amides is 3. The Labute approximate surface area is 174 Å². The summed E-state index contributed by atoms with van der Waals surface area (Å²) in [5, 5.41) is 9.91. The second-order valence-corrected chi connectivity index (χ2v) is 7.68. The third kappa shape index (κ3) is 4.02. The number of carbonyl (C=O) groups excluding carboxylic acids is 4. The van der Waals surface area contributed by atoms with Gasteiger partial charge in [0.15, 0.2) is 0 Å². The van der Waals surface area contributed by atoms with E-state index in [1.165, 1.54) is 18.9 Å². The Kier molecular flexibility index (Phi) is 6.40. The van der Waals surface area contributed by atoms with Gasteiger partial charge in [0.1, 0.15) is 12.1 Å². The zero-order valence-electron chi connectivity index (χ0n) is 17.1. The number of methoxy groups -OCH3 is 1. The Bertz CT molecular complexity index is 826. The fourth-order valence-electron chi connectivity index (χ4n) is 3.99. The molecule has 2 heterocycles. The molecule has 9 nitrogen and oxygen atoms in total. The minimum absolute atomic E-state index is 0.0233. The number of benzene rings is 1. The minimum atomic E-state index is -1.13. The van der Waals surface area contributed by atoms with Crippen LogP contribution in [0.3, 0.4) is 0 Å². The van der Waals surface area contributed by atoms with Crippen LogP contribution in [0.15, 0.2) is 30.3 Å². The van der Waals surface area contributed by atoms with Gasteiger partial charge >= 0.3 is 12.1 Å².